The molecular formula is C13H18N2. The lowest BCUT2D eigenvalue weighted by Gasteiger charge is -2.16. The summed E-state index contributed by atoms with van der Waals surface area (Å²) in [4.78, 5) is 0. The molecule has 15 heavy (non-hydrogen) atoms. The standard InChI is InChI=1S/C13H18N2/c1-3-5-10-13(15-14)12-9-7-6-8-11(12)4-2/h6-9,13,15H,4,10,14H2,1-2H3. The molecule has 1 aromatic rings. The van der Waals surface area contributed by atoms with Gasteiger partial charge in [-0.25, -0.2) is 0 Å². The first-order valence-corrected chi connectivity index (χ1v) is 5.27. The average Bonchev–Trinajstić information content (AvgIpc) is 2.30. The summed E-state index contributed by atoms with van der Waals surface area (Å²) in [6.45, 7) is 4.00. The minimum atomic E-state index is 0.133. The summed E-state index contributed by atoms with van der Waals surface area (Å²) >= 11 is 0. The summed E-state index contributed by atoms with van der Waals surface area (Å²) in [6, 6.07) is 8.48. The highest BCUT2D eigenvalue weighted by Crippen LogP contribution is 2.20. The van der Waals surface area contributed by atoms with E-state index in [1.165, 1.54) is 11.1 Å². The van der Waals surface area contributed by atoms with Crippen LogP contribution in [0.15, 0.2) is 24.3 Å². The van der Waals surface area contributed by atoms with E-state index in [-0.39, 0.29) is 6.04 Å². The van der Waals surface area contributed by atoms with Crippen LogP contribution in [-0.4, -0.2) is 0 Å². The van der Waals surface area contributed by atoms with Crippen molar-refractivity contribution in [2.75, 3.05) is 0 Å². The first kappa shape index (κ1) is 11.8. The quantitative estimate of drug-likeness (QED) is 0.446. The molecule has 0 heterocycles. The maximum Gasteiger partial charge on any atom is 0.0571 e. The van der Waals surface area contributed by atoms with E-state index in [9.17, 15) is 0 Å². The zero-order chi connectivity index (χ0) is 11.1. The van der Waals surface area contributed by atoms with E-state index in [0.717, 1.165) is 12.8 Å². The van der Waals surface area contributed by atoms with Gasteiger partial charge in [-0.3, -0.25) is 11.3 Å². The van der Waals surface area contributed by atoms with Crippen molar-refractivity contribution in [1.29, 1.82) is 0 Å². The van der Waals surface area contributed by atoms with Gasteiger partial charge in [0.2, 0.25) is 0 Å². The van der Waals surface area contributed by atoms with Gasteiger partial charge in [-0.15, -0.1) is 11.8 Å². The second kappa shape index (κ2) is 6.23. The Balaban J connectivity index is 2.93. The molecule has 80 valence electrons. The first-order chi connectivity index (χ1) is 7.33. The number of hydrogen-bond acceptors (Lipinski definition) is 2. The average molecular weight is 202 g/mol. The zero-order valence-corrected chi connectivity index (χ0v) is 9.38. The highest BCUT2D eigenvalue weighted by atomic mass is 15.2. The summed E-state index contributed by atoms with van der Waals surface area (Å²) in [7, 11) is 0. The van der Waals surface area contributed by atoms with E-state index in [1.807, 2.05) is 13.0 Å². The molecule has 0 fully saturated rings. The van der Waals surface area contributed by atoms with Crippen LogP contribution in [0.25, 0.3) is 0 Å². The summed E-state index contributed by atoms with van der Waals surface area (Å²) in [5.74, 6) is 11.5. The summed E-state index contributed by atoms with van der Waals surface area (Å²) < 4.78 is 0. The van der Waals surface area contributed by atoms with Gasteiger partial charge in [0, 0.05) is 6.42 Å². The van der Waals surface area contributed by atoms with Crippen molar-refractivity contribution in [2.45, 2.75) is 32.7 Å². The second-order valence-corrected chi connectivity index (χ2v) is 3.40. The van der Waals surface area contributed by atoms with Crippen LogP contribution in [-0.2, 0) is 6.42 Å². The summed E-state index contributed by atoms with van der Waals surface area (Å²) in [5.41, 5.74) is 5.41. The number of benzene rings is 1. The van der Waals surface area contributed by atoms with Gasteiger partial charge in [-0.2, -0.15) is 0 Å². The molecule has 0 aliphatic heterocycles. The zero-order valence-electron chi connectivity index (χ0n) is 9.38. The van der Waals surface area contributed by atoms with Crippen molar-refractivity contribution in [3.63, 3.8) is 0 Å². The van der Waals surface area contributed by atoms with E-state index < -0.39 is 0 Å². The predicted molar refractivity (Wildman–Crippen MR) is 64.0 cm³/mol. The molecule has 0 spiro atoms. The van der Waals surface area contributed by atoms with Crippen molar-refractivity contribution in [1.82, 2.24) is 5.43 Å². The van der Waals surface area contributed by atoms with Crippen molar-refractivity contribution in [2.24, 2.45) is 5.84 Å². The number of nitrogens with one attached hydrogen (secondary N) is 1. The highest BCUT2D eigenvalue weighted by Gasteiger charge is 2.10. The lowest BCUT2D eigenvalue weighted by molar-refractivity contribution is 0.563. The van der Waals surface area contributed by atoms with Crippen LogP contribution in [0.5, 0.6) is 0 Å². The number of hydrogen-bond donors (Lipinski definition) is 2. The Hall–Kier alpha value is -1.30. The number of aryl methyl sites for hydroxylation is 1. The first-order valence-electron chi connectivity index (χ1n) is 5.27. The van der Waals surface area contributed by atoms with E-state index in [4.69, 9.17) is 5.84 Å². The van der Waals surface area contributed by atoms with Crippen LogP contribution < -0.4 is 11.3 Å². The smallest absolute Gasteiger partial charge is 0.0571 e. The SMILES string of the molecule is CC#CCC(NN)c1ccccc1CC. The molecule has 2 heteroatoms. The molecule has 2 nitrogen and oxygen atoms in total. The minimum absolute atomic E-state index is 0.133. The topological polar surface area (TPSA) is 38.0 Å². The fraction of sp³-hybridized carbons (Fsp3) is 0.385. The van der Waals surface area contributed by atoms with Crippen LogP contribution in [0, 0.1) is 11.8 Å². The van der Waals surface area contributed by atoms with E-state index in [2.05, 4.69) is 42.4 Å². The molecule has 0 aliphatic rings. The third-order valence-electron chi connectivity index (χ3n) is 2.50. The van der Waals surface area contributed by atoms with Gasteiger partial charge in [0.25, 0.3) is 0 Å². The Morgan fingerprint density at radius 2 is 2.13 bits per heavy atom. The van der Waals surface area contributed by atoms with Crippen molar-refractivity contribution in [3.8, 4) is 11.8 Å². The molecule has 0 radical (unpaired) electrons. The molecule has 0 amide bonds. The van der Waals surface area contributed by atoms with E-state index in [1.54, 1.807) is 0 Å². The third-order valence-corrected chi connectivity index (χ3v) is 2.50. The molecular weight excluding hydrogens is 184 g/mol. The van der Waals surface area contributed by atoms with Crippen LogP contribution in [0.4, 0.5) is 0 Å². The van der Waals surface area contributed by atoms with Gasteiger partial charge in [-0.1, -0.05) is 31.2 Å². The second-order valence-electron chi connectivity index (χ2n) is 3.40. The molecule has 1 rings (SSSR count). The summed E-state index contributed by atoms with van der Waals surface area (Å²) in [6.07, 6.45) is 1.78. The fourth-order valence-electron chi connectivity index (χ4n) is 1.66. The Labute approximate surface area is 91.8 Å². The molecule has 0 saturated carbocycles. The third kappa shape index (κ3) is 3.09. The van der Waals surface area contributed by atoms with E-state index in [0.29, 0.717) is 0 Å². The fourth-order valence-corrected chi connectivity index (χ4v) is 1.66. The molecule has 3 N–H and O–H groups in total. The minimum Gasteiger partial charge on any atom is -0.271 e. The Bertz CT molecular complexity index is 360. The van der Waals surface area contributed by atoms with Crippen molar-refractivity contribution < 1.29 is 0 Å². The highest BCUT2D eigenvalue weighted by molar-refractivity contribution is 5.30. The van der Waals surface area contributed by atoms with Crippen molar-refractivity contribution in [3.05, 3.63) is 35.4 Å². The monoisotopic (exact) mass is 202 g/mol. The molecule has 0 aromatic heterocycles. The Morgan fingerprint density at radius 1 is 1.40 bits per heavy atom. The molecule has 0 bridgehead atoms. The van der Waals surface area contributed by atoms with Gasteiger partial charge in [0.1, 0.15) is 0 Å². The lowest BCUT2D eigenvalue weighted by Crippen LogP contribution is -2.28. The van der Waals surface area contributed by atoms with Crippen LogP contribution >= 0.6 is 0 Å². The predicted octanol–water partition coefficient (Wildman–Crippen LogP) is 2.17. The number of rotatable bonds is 4. The lowest BCUT2D eigenvalue weighted by atomic mass is 9.97. The number of hydrazine groups is 1. The van der Waals surface area contributed by atoms with Gasteiger partial charge < -0.3 is 0 Å². The Kier molecular flexibility index (Phi) is 4.89. The largest absolute Gasteiger partial charge is 0.271 e. The Morgan fingerprint density at radius 3 is 2.73 bits per heavy atom. The molecule has 1 atom stereocenters. The normalized spacial score (nSPS) is 11.7. The molecule has 0 saturated heterocycles. The number of nitrogens with two attached hydrogens (primary N) is 1. The molecule has 0 aliphatic carbocycles. The van der Waals surface area contributed by atoms with Gasteiger partial charge in [0.15, 0.2) is 0 Å². The van der Waals surface area contributed by atoms with E-state index >= 15 is 0 Å². The van der Waals surface area contributed by atoms with Crippen LogP contribution in [0.2, 0.25) is 0 Å². The van der Waals surface area contributed by atoms with Gasteiger partial charge in [-0.05, 0) is 24.5 Å². The van der Waals surface area contributed by atoms with Crippen LogP contribution in [0.3, 0.4) is 0 Å². The maximum atomic E-state index is 5.55. The molecule has 1 unspecified atom stereocenters. The maximum absolute atomic E-state index is 5.55. The molecule has 1 aromatic carbocycles. The van der Waals surface area contributed by atoms with Crippen molar-refractivity contribution >= 4 is 0 Å². The summed E-state index contributed by atoms with van der Waals surface area (Å²) in [5, 5.41) is 0. The van der Waals surface area contributed by atoms with Gasteiger partial charge >= 0.3 is 0 Å². The van der Waals surface area contributed by atoms with Crippen LogP contribution in [0.1, 0.15) is 37.4 Å². The van der Waals surface area contributed by atoms with Gasteiger partial charge in [0.05, 0.1) is 6.04 Å².